The largest absolute Gasteiger partial charge is 0.507 e. The van der Waals surface area contributed by atoms with Gasteiger partial charge in [-0.05, 0) is 31.9 Å². The minimum Gasteiger partial charge on any atom is -0.507 e. The topological polar surface area (TPSA) is 101 Å². The fourth-order valence-electron chi connectivity index (χ4n) is 2.18. The van der Waals surface area contributed by atoms with Crippen LogP contribution in [-0.2, 0) is 22.0 Å². The summed E-state index contributed by atoms with van der Waals surface area (Å²) in [5.41, 5.74) is 1.42. The third-order valence-corrected chi connectivity index (χ3v) is 4.15. The van der Waals surface area contributed by atoms with Gasteiger partial charge < -0.3 is 14.9 Å². The minimum absolute atomic E-state index is 0.0340. The van der Waals surface area contributed by atoms with Crippen LogP contribution in [0.2, 0.25) is 0 Å². The highest BCUT2D eigenvalue weighted by atomic mass is 32.2. The van der Waals surface area contributed by atoms with Gasteiger partial charge in [0.05, 0.1) is 18.4 Å². The Kier molecular flexibility index (Phi) is 7.64. The van der Waals surface area contributed by atoms with Crippen molar-refractivity contribution < 1.29 is 28.7 Å². The van der Waals surface area contributed by atoms with Crippen LogP contribution < -0.4 is 4.74 Å². The monoisotopic (exact) mass is 354 g/mol. The molecule has 1 aromatic rings. The molecule has 0 amide bonds. The molecule has 2 N–H and O–H groups in total. The number of methoxy groups -OCH3 is 1. The van der Waals surface area contributed by atoms with E-state index in [0.29, 0.717) is 24.2 Å². The molecule has 0 bridgehead atoms. The van der Waals surface area contributed by atoms with Gasteiger partial charge in [0.2, 0.25) is 0 Å². The van der Waals surface area contributed by atoms with Gasteiger partial charge in [-0.2, -0.15) is 0 Å². The SMILES string of the molecule is COc1ccc(C(=O)CS(C)=O)c(O)c1C/C=C(\C)CCC(=O)O. The molecule has 6 nitrogen and oxygen atoms in total. The number of phenolic OH excluding ortho intramolecular Hbond substituents is 1. The van der Waals surface area contributed by atoms with Crippen molar-refractivity contribution in [2.24, 2.45) is 0 Å². The van der Waals surface area contributed by atoms with Crippen LogP contribution in [0.25, 0.3) is 0 Å². The van der Waals surface area contributed by atoms with Gasteiger partial charge in [0, 0.05) is 29.0 Å². The molecule has 0 aliphatic rings. The summed E-state index contributed by atoms with van der Waals surface area (Å²) in [5.74, 6) is -1.18. The highest BCUT2D eigenvalue weighted by Crippen LogP contribution is 2.32. The highest BCUT2D eigenvalue weighted by Gasteiger charge is 2.18. The molecule has 0 heterocycles. The number of carboxylic acid groups (broad SMARTS) is 1. The first-order valence-corrected chi connectivity index (χ1v) is 9.08. The minimum atomic E-state index is -1.30. The number of Topliss-reactive ketones (excluding diaryl/α,β-unsaturated/α-hetero) is 1. The Morgan fingerprint density at radius 2 is 1.96 bits per heavy atom. The van der Waals surface area contributed by atoms with E-state index in [1.165, 1.54) is 19.4 Å². The molecule has 132 valence electrons. The maximum Gasteiger partial charge on any atom is 0.303 e. The molecule has 0 spiro atoms. The summed E-state index contributed by atoms with van der Waals surface area (Å²) < 4.78 is 16.4. The van der Waals surface area contributed by atoms with E-state index in [0.717, 1.165) is 5.57 Å². The van der Waals surface area contributed by atoms with Gasteiger partial charge in [0.25, 0.3) is 0 Å². The Morgan fingerprint density at radius 3 is 2.50 bits per heavy atom. The summed E-state index contributed by atoms with van der Waals surface area (Å²) in [6.45, 7) is 1.81. The number of aromatic hydroxyl groups is 1. The summed E-state index contributed by atoms with van der Waals surface area (Å²) in [5, 5.41) is 19.1. The Hall–Kier alpha value is -2.15. The van der Waals surface area contributed by atoms with E-state index < -0.39 is 22.6 Å². The number of phenols is 1. The van der Waals surface area contributed by atoms with Crippen LogP contribution in [0, 0.1) is 0 Å². The van der Waals surface area contributed by atoms with Gasteiger partial charge >= 0.3 is 5.97 Å². The van der Waals surface area contributed by atoms with Crippen molar-refractivity contribution >= 4 is 22.6 Å². The Labute approximate surface area is 143 Å². The van der Waals surface area contributed by atoms with Crippen LogP contribution in [0.15, 0.2) is 23.8 Å². The number of carbonyl (C=O) groups is 2. The molecule has 1 rings (SSSR count). The molecule has 1 atom stereocenters. The van der Waals surface area contributed by atoms with Crippen molar-refractivity contribution in [3.05, 3.63) is 34.9 Å². The summed E-state index contributed by atoms with van der Waals surface area (Å²) in [6.07, 6.45) is 3.97. The zero-order chi connectivity index (χ0) is 18.3. The lowest BCUT2D eigenvalue weighted by atomic mass is 10.0. The number of hydrogen-bond donors (Lipinski definition) is 2. The van der Waals surface area contributed by atoms with Crippen LogP contribution in [0.1, 0.15) is 35.7 Å². The maximum atomic E-state index is 12.1. The highest BCUT2D eigenvalue weighted by molar-refractivity contribution is 7.85. The van der Waals surface area contributed by atoms with Gasteiger partial charge in [0.1, 0.15) is 11.5 Å². The van der Waals surface area contributed by atoms with E-state index in [1.807, 2.05) is 6.92 Å². The Morgan fingerprint density at radius 1 is 1.29 bits per heavy atom. The number of ether oxygens (including phenoxy) is 1. The number of aliphatic carboxylic acids is 1. The molecule has 0 radical (unpaired) electrons. The molecular formula is C17H22O6S. The molecule has 1 aromatic carbocycles. The van der Waals surface area contributed by atoms with Gasteiger partial charge in [0.15, 0.2) is 5.78 Å². The van der Waals surface area contributed by atoms with Crippen molar-refractivity contribution in [3.63, 3.8) is 0 Å². The molecule has 1 unspecified atom stereocenters. The lowest BCUT2D eigenvalue weighted by molar-refractivity contribution is -0.136. The summed E-state index contributed by atoms with van der Waals surface area (Å²) in [4.78, 5) is 22.7. The zero-order valence-corrected chi connectivity index (χ0v) is 14.8. The molecule has 0 aliphatic heterocycles. The first-order valence-electron chi connectivity index (χ1n) is 7.35. The standard InChI is InChI=1S/C17H22O6S/c1-11(5-9-16(19)20)4-6-13-15(23-2)8-7-12(17(13)21)14(18)10-24(3)22/h4,7-8,21H,5-6,9-10H2,1-3H3,(H,19,20)/b11-4+. The zero-order valence-electron chi connectivity index (χ0n) is 14.0. The van der Waals surface area contributed by atoms with E-state index in [2.05, 4.69) is 0 Å². The number of hydrogen-bond acceptors (Lipinski definition) is 5. The van der Waals surface area contributed by atoms with Crippen LogP contribution >= 0.6 is 0 Å². The van der Waals surface area contributed by atoms with Crippen molar-refractivity contribution in [2.75, 3.05) is 19.1 Å². The van der Waals surface area contributed by atoms with E-state index in [4.69, 9.17) is 9.84 Å². The average molecular weight is 354 g/mol. The number of benzene rings is 1. The molecule has 24 heavy (non-hydrogen) atoms. The second-order valence-electron chi connectivity index (χ2n) is 5.43. The third kappa shape index (κ3) is 5.81. The number of rotatable bonds is 9. The molecule has 7 heteroatoms. The smallest absolute Gasteiger partial charge is 0.303 e. The van der Waals surface area contributed by atoms with Crippen LogP contribution in [-0.4, -0.2) is 45.3 Å². The van der Waals surface area contributed by atoms with Gasteiger partial charge in [-0.3, -0.25) is 13.8 Å². The quantitative estimate of drug-likeness (QED) is 0.521. The fourth-order valence-corrected chi connectivity index (χ4v) is 2.70. The van der Waals surface area contributed by atoms with Crippen molar-refractivity contribution in [1.82, 2.24) is 0 Å². The number of carbonyl (C=O) groups excluding carboxylic acids is 1. The summed E-state index contributed by atoms with van der Waals surface area (Å²) >= 11 is 0. The lowest BCUT2D eigenvalue weighted by Crippen LogP contribution is -2.11. The first-order chi connectivity index (χ1) is 11.3. The van der Waals surface area contributed by atoms with E-state index >= 15 is 0 Å². The van der Waals surface area contributed by atoms with Gasteiger partial charge in [-0.25, -0.2) is 0 Å². The van der Waals surface area contributed by atoms with Crippen LogP contribution in [0.5, 0.6) is 11.5 Å². The number of carboxylic acids is 1. The fraction of sp³-hybridized carbons (Fsp3) is 0.412. The van der Waals surface area contributed by atoms with Crippen LogP contribution in [0.3, 0.4) is 0 Å². The predicted octanol–water partition coefficient (Wildman–Crippen LogP) is 2.32. The molecule has 0 saturated carbocycles. The Balaban J connectivity index is 3.07. The van der Waals surface area contributed by atoms with Crippen molar-refractivity contribution in [1.29, 1.82) is 0 Å². The molecule has 0 aliphatic carbocycles. The lowest BCUT2D eigenvalue weighted by Gasteiger charge is -2.12. The molecule has 0 saturated heterocycles. The first kappa shape index (κ1) is 19.9. The predicted molar refractivity (Wildman–Crippen MR) is 92.3 cm³/mol. The second kappa shape index (κ2) is 9.22. The second-order valence-corrected chi connectivity index (χ2v) is 6.87. The third-order valence-electron chi connectivity index (χ3n) is 3.48. The normalized spacial score (nSPS) is 12.7. The number of allylic oxidation sites excluding steroid dienone is 2. The Bertz CT molecular complexity index is 678. The van der Waals surface area contributed by atoms with Crippen LogP contribution in [0.4, 0.5) is 0 Å². The van der Waals surface area contributed by atoms with E-state index in [-0.39, 0.29) is 23.5 Å². The van der Waals surface area contributed by atoms with Gasteiger partial charge in [-0.15, -0.1) is 0 Å². The van der Waals surface area contributed by atoms with Crippen molar-refractivity contribution in [3.8, 4) is 11.5 Å². The average Bonchev–Trinajstić information content (AvgIpc) is 2.50. The van der Waals surface area contributed by atoms with Gasteiger partial charge in [-0.1, -0.05) is 11.6 Å². The van der Waals surface area contributed by atoms with E-state index in [1.54, 1.807) is 12.1 Å². The summed E-state index contributed by atoms with van der Waals surface area (Å²) in [6, 6.07) is 3.04. The van der Waals surface area contributed by atoms with Crippen molar-refractivity contribution in [2.45, 2.75) is 26.2 Å². The number of ketones is 1. The van der Waals surface area contributed by atoms with E-state index in [9.17, 15) is 18.9 Å². The maximum absolute atomic E-state index is 12.1. The molecule has 0 aromatic heterocycles. The molecular weight excluding hydrogens is 332 g/mol. The summed E-state index contributed by atoms with van der Waals surface area (Å²) in [7, 11) is 0.164. The molecule has 0 fully saturated rings.